The molecule has 0 spiro atoms. The Balaban J connectivity index is 0.00000102. The van der Waals surface area contributed by atoms with Crippen molar-refractivity contribution in [2.45, 2.75) is 63.9 Å². The summed E-state index contributed by atoms with van der Waals surface area (Å²) in [6, 6.07) is 94.4. The summed E-state index contributed by atoms with van der Waals surface area (Å²) in [5.74, 6) is -2.93. The maximum absolute atomic E-state index is 14.0. The first-order chi connectivity index (χ1) is 63.3. The van der Waals surface area contributed by atoms with E-state index in [1.807, 2.05) is 146 Å². The molecular weight excluding hydrogens is 2010 g/mol. The molecule has 0 saturated carbocycles. The summed E-state index contributed by atoms with van der Waals surface area (Å²) >= 11 is 0. The molecule has 18 nitrogen and oxygen atoms in total. The fourth-order valence-electron chi connectivity index (χ4n) is 13.4. The van der Waals surface area contributed by atoms with E-state index in [2.05, 4.69) is 109 Å². The van der Waals surface area contributed by atoms with Gasteiger partial charge in [-0.1, -0.05) is 179 Å². The predicted molar refractivity (Wildman–Crippen MR) is 530 cm³/mol. The molecule has 3 unspecified atom stereocenters. The molecule has 15 aromatic rings. The number of benzene rings is 12. The fourth-order valence-corrected chi connectivity index (χ4v) is 20.3. The standard InChI is InChI=1S/C93H77O18S3.6CH4.3F6P/c1-2-93(109-60-100-48-51-103-87(94)57-106-69-36-45-84-78(54-69)90(97)75-24-12-15-27-81(75)112(84)72-39-30-66(31-40-72)63-18-6-3-7-19-63,110-61-101-49-52-104-88(95)58-107-70-37-46-85-79(55-70)91(98)76-25-13-16-28-82(76)113(85)73-41-32-67(33-42-73)64-20-8-4-9-21-64)111-62-102-50-53-105-89(96)59-108-71-38-47-86-80(56-71)92(99)77-26-14-17-29-83(77)114(86)74-43-34-68(35-44-74)65-22-10-5-11-23-65;;;;;;;3*1-7(2,3,4,5)6/h3-47,54-56H,2,48-53,57-62H2,1H3;6*1H4;;;/q+3;;;;;;;3*-1. The van der Waals surface area contributed by atoms with Crippen molar-refractivity contribution >= 4 is 133 Å². The second-order valence-corrected chi connectivity index (χ2v) is 40.6. The molecule has 0 bridgehead atoms. The Morgan fingerprint density at radius 1 is 0.262 bits per heavy atom. The molecule has 3 heterocycles. The zero-order valence-electron chi connectivity index (χ0n) is 70.1. The van der Waals surface area contributed by atoms with Crippen molar-refractivity contribution in [2.75, 3.05) is 79.8 Å². The predicted octanol–water partition coefficient (Wildman–Crippen LogP) is 33.1. The number of carbonyl (C=O) groups is 3. The van der Waals surface area contributed by atoms with Crippen LogP contribution < -0.4 is 30.5 Å². The van der Waals surface area contributed by atoms with E-state index in [1.54, 1.807) is 43.3 Å². The van der Waals surface area contributed by atoms with Crippen molar-refractivity contribution in [2.24, 2.45) is 0 Å². The van der Waals surface area contributed by atoms with Crippen molar-refractivity contribution < 1.29 is 147 Å². The zero-order valence-corrected chi connectivity index (χ0v) is 75.3. The van der Waals surface area contributed by atoms with Crippen molar-refractivity contribution in [1.82, 2.24) is 0 Å². The van der Waals surface area contributed by atoms with Gasteiger partial charge in [0.15, 0.2) is 83.1 Å². The SMILES string of the molecule is C.C.C.C.C.C.CCC(OCOCCOC(=O)COc1ccc2c(c1)c(=O)c1ccccc1[s+]2-c1ccc(-c2ccccc2)cc1)(OCOCCOC(=O)COc1ccc2c(c1)c(=O)c1ccccc1[s+]2-c1ccc(-c2ccccc2)cc1)OCOCCOC(=O)COc1ccc2c(c1)c(=O)c1ccccc1[s+]2-c1ccc(-c2ccccc2)cc1.F[P-](F)(F)(F)(F)F.F[P-](F)(F)(F)(F)F.F[P-](F)(F)(F)(F)F. The molecule has 0 aliphatic heterocycles. The third-order valence-electron chi connectivity index (χ3n) is 19.0. The average Bonchev–Trinajstić information content (AvgIpc) is 0.748. The van der Waals surface area contributed by atoms with Crippen LogP contribution in [0.15, 0.2) is 306 Å². The van der Waals surface area contributed by atoms with Gasteiger partial charge in [0.2, 0.25) is 16.3 Å². The molecule has 15 rings (SSSR count). The maximum atomic E-state index is 14.0. The second-order valence-electron chi connectivity index (χ2n) is 29.0. The first-order valence-corrected chi connectivity index (χ1v) is 49.8. The van der Waals surface area contributed by atoms with Crippen LogP contribution >= 0.6 is 54.8 Å². The molecule has 764 valence electrons. The number of rotatable bonds is 34. The van der Waals surface area contributed by atoms with Gasteiger partial charge >= 0.3 is 117 Å². The van der Waals surface area contributed by atoms with Crippen LogP contribution in [0.4, 0.5) is 75.5 Å². The Hall–Kier alpha value is -12.1. The van der Waals surface area contributed by atoms with Crippen LogP contribution in [0, 0.1) is 0 Å². The molecule has 0 aliphatic carbocycles. The van der Waals surface area contributed by atoms with E-state index in [-0.39, 0.29) is 107 Å². The van der Waals surface area contributed by atoms with Crippen molar-refractivity contribution in [3.05, 3.63) is 322 Å². The summed E-state index contributed by atoms with van der Waals surface area (Å²) in [6.07, 6.45) is 0.0608. The molecule has 3 aromatic heterocycles. The number of fused-ring (bicyclic) bond motifs is 6. The Bertz CT molecular complexity index is 6300. The molecule has 0 fully saturated rings. The van der Waals surface area contributed by atoms with E-state index < -0.39 is 119 Å². The molecule has 0 N–H and O–H groups in total. The van der Waals surface area contributed by atoms with Gasteiger partial charge in [0.05, 0.1) is 52.1 Å². The van der Waals surface area contributed by atoms with Gasteiger partial charge in [-0.15, -0.1) is 0 Å². The molecule has 141 heavy (non-hydrogen) atoms. The van der Waals surface area contributed by atoms with E-state index in [1.165, 1.54) is 0 Å². The van der Waals surface area contributed by atoms with Crippen LogP contribution in [0.25, 0.3) is 109 Å². The van der Waals surface area contributed by atoms with Crippen molar-refractivity contribution in [3.63, 3.8) is 0 Å². The average molecular weight is 2110 g/mol. The van der Waals surface area contributed by atoms with E-state index in [4.69, 9.17) is 56.8 Å². The van der Waals surface area contributed by atoms with Crippen LogP contribution in [-0.2, 0) is 57.0 Å². The molecule has 3 atom stereocenters. The van der Waals surface area contributed by atoms with Gasteiger partial charge in [0.1, 0.15) is 37.1 Å². The van der Waals surface area contributed by atoms with Crippen LogP contribution in [-0.4, -0.2) is 104 Å². The van der Waals surface area contributed by atoms with Gasteiger partial charge in [-0.05, 0) is 179 Å². The number of esters is 3. The number of ether oxygens (including phenoxy) is 12. The number of carbonyl (C=O) groups excluding carboxylic acids is 3. The molecule has 0 aliphatic rings. The van der Waals surface area contributed by atoms with Crippen LogP contribution in [0.1, 0.15) is 57.9 Å². The van der Waals surface area contributed by atoms with Crippen LogP contribution in [0.3, 0.4) is 0 Å². The first-order valence-electron chi connectivity index (χ1n) is 40.0. The Kier molecular flexibility index (Phi) is 38.6. The van der Waals surface area contributed by atoms with Crippen LogP contribution in [0.2, 0.25) is 0 Å². The summed E-state index contributed by atoms with van der Waals surface area (Å²) in [5, 5.41) is 3.29. The van der Waals surface area contributed by atoms with Crippen molar-refractivity contribution in [1.29, 1.82) is 0 Å². The quantitative estimate of drug-likeness (QED) is 0.00536. The second kappa shape index (κ2) is 46.3. The van der Waals surface area contributed by atoms with Gasteiger partial charge in [-0.2, -0.15) is 0 Å². The zero-order chi connectivity index (χ0) is 97.4. The van der Waals surface area contributed by atoms with E-state index in [0.717, 1.165) is 76.3 Å². The van der Waals surface area contributed by atoms with Gasteiger partial charge in [-0.3, -0.25) is 14.4 Å². The van der Waals surface area contributed by atoms with E-state index >= 15 is 0 Å². The topological polar surface area (TPSA) is 213 Å². The van der Waals surface area contributed by atoms with Gasteiger partial charge in [0, 0.05) is 56.0 Å². The van der Waals surface area contributed by atoms with E-state index in [0.29, 0.717) is 49.6 Å². The molecule has 0 saturated heterocycles. The van der Waals surface area contributed by atoms with E-state index in [9.17, 15) is 104 Å². The Morgan fingerprint density at radius 2 is 0.468 bits per heavy atom. The van der Waals surface area contributed by atoms with Gasteiger partial charge < -0.3 is 56.8 Å². The number of hydrogen-bond donors (Lipinski definition) is 0. The Morgan fingerprint density at radius 3 is 0.695 bits per heavy atom. The monoisotopic (exact) mass is 2110 g/mol. The molecule has 0 radical (unpaired) electrons. The van der Waals surface area contributed by atoms with Crippen LogP contribution in [0.5, 0.6) is 17.2 Å². The molecule has 42 heteroatoms. The third-order valence-corrected chi connectivity index (χ3v) is 26.0. The third kappa shape index (κ3) is 37.1. The summed E-state index contributed by atoms with van der Waals surface area (Å²) in [7, 11) is -33.8. The molecular formula is C99H101F18O18P3S3. The first kappa shape index (κ1) is 118. The van der Waals surface area contributed by atoms with Gasteiger partial charge in [-0.25, -0.2) is 14.4 Å². The summed E-state index contributed by atoms with van der Waals surface area (Å²) in [4.78, 5) is 84.4. The van der Waals surface area contributed by atoms with Crippen molar-refractivity contribution in [3.8, 4) is 65.3 Å². The summed E-state index contributed by atoms with van der Waals surface area (Å²) in [5.41, 5.74) is 6.16. The fraction of sp³-hybridized carbons (Fsp3) is 0.212. The number of hydrogen-bond acceptors (Lipinski definition) is 18. The minimum absolute atomic E-state index is 0. The summed E-state index contributed by atoms with van der Waals surface area (Å²) in [6.45, 7) is -1.77. The molecule has 0 amide bonds. The normalized spacial score (nSPS) is 13.5. The minimum atomic E-state index is -10.7. The van der Waals surface area contributed by atoms with Gasteiger partial charge in [0.25, 0.3) is 5.97 Å². The summed E-state index contributed by atoms with van der Waals surface area (Å²) < 4.78 is 252. The number of halogens is 18. The Labute approximate surface area is 806 Å². The molecule has 12 aromatic carbocycles.